The van der Waals surface area contributed by atoms with E-state index in [1.165, 1.54) is 42.9 Å². The quantitative estimate of drug-likeness (QED) is 0.395. The molecule has 1 aliphatic rings. The van der Waals surface area contributed by atoms with Gasteiger partial charge in [0.05, 0.1) is 24.9 Å². The molecule has 1 saturated carbocycles. The fourth-order valence-electron chi connectivity index (χ4n) is 4.63. The van der Waals surface area contributed by atoms with Crippen LogP contribution in [-0.4, -0.2) is 50.0 Å². The normalized spacial score (nSPS) is 18.1. The molecule has 1 amide bonds. The van der Waals surface area contributed by atoms with Gasteiger partial charge >= 0.3 is 0 Å². The number of benzene rings is 1. The Kier molecular flexibility index (Phi) is 8.60. The number of amides is 1. The van der Waals surface area contributed by atoms with Gasteiger partial charge in [-0.25, -0.2) is 17.8 Å². The van der Waals surface area contributed by atoms with Crippen molar-refractivity contribution in [1.82, 2.24) is 15.3 Å². The predicted molar refractivity (Wildman–Crippen MR) is 139 cm³/mol. The molecule has 0 bridgehead atoms. The van der Waals surface area contributed by atoms with E-state index in [1.807, 2.05) is 5.38 Å². The van der Waals surface area contributed by atoms with Crippen LogP contribution < -0.4 is 15.6 Å². The molecular weight excluding hydrogens is 521 g/mol. The van der Waals surface area contributed by atoms with Crippen LogP contribution in [0, 0.1) is 17.7 Å². The second-order valence-corrected chi connectivity index (χ2v) is 12.5. The lowest BCUT2D eigenvalue weighted by Crippen LogP contribution is -2.27. The van der Waals surface area contributed by atoms with Gasteiger partial charge < -0.3 is 19.8 Å². The molecule has 0 radical (unpaired) electrons. The van der Waals surface area contributed by atoms with Gasteiger partial charge in [0.2, 0.25) is 5.82 Å². The first kappa shape index (κ1) is 27.2. The Morgan fingerprint density at radius 3 is 2.68 bits per heavy atom. The molecule has 12 heteroatoms. The van der Waals surface area contributed by atoms with Crippen molar-refractivity contribution in [3.63, 3.8) is 0 Å². The summed E-state index contributed by atoms with van der Waals surface area (Å²) >= 11 is 1.27. The number of hydrogen-bond donors (Lipinski definition) is 2. The van der Waals surface area contributed by atoms with Crippen molar-refractivity contribution in [3.05, 3.63) is 56.7 Å². The maximum Gasteiger partial charge on any atom is 0.287 e. The van der Waals surface area contributed by atoms with Gasteiger partial charge in [-0.1, -0.05) is 6.07 Å². The second-order valence-electron chi connectivity index (χ2n) is 9.50. The van der Waals surface area contributed by atoms with Gasteiger partial charge in [-0.05, 0) is 60.6 Å². The van der Waals surface area contributed by atoms with Crippen LogP contribution in [0.2, 0.25) is 0 Å². The van der Waals surface area contributed by atoms with Crippen molar-refractivity contribution < 1.29 is 27.1 Å². The number of aromatic nitrogens is 2. The first-order valence-corrected chi connectivity index (χ1v) is 14.9. The molecule has 4 rings (SSSR count). The summed E-state index contributed by atoms with van der Waals surface area (Å²) in [6.45, 7) is 0.909. The number of sulfone groups is 1. The van der Waals surface area contributed by atoms with Crippen LogP contribution in [-0.2, 0) is 27.7 Å². The van der Waals surface area contributed by atoms with Crippen molar-refractivity contribution in [2.24, 2.45) is 11.8 Å². The standard InChI is InChI=1S/C25H30FN3O6S2/c1-34-20-9-17(7-8-19(20)26)10-27-24(31)22-28-23(30)21-18(13-36-25(21)29-22)12-35-11-15-3-5-16(6-4-15)14-37(2,32)33/h7-9,13,15-16H,3-6,10-12,14H2,1-2H3,(H,27,31)(H,28,29,30). The molecule has 0 aliphatic heterocycles. The molecular formula is C25H30FN3O6S2. The third kappa shape index (κ3) is 7.14. The van der Waals surface area contributed by atoms with Crippen LogP contribution in [0.3, 0.4) is 0 Å². The molecule has 0 atom stereocenters. The molecule has 0 saturated heterocycles. The molecule has 2 N–H and O–H groups in total. The average molecular weight is 552 g/mol. The zero-order valence-electron chi connectivity index (χ0n) is 20.7. The van der Waals surface area contributed by atoms with Crippen molar-refractivity contribution in [3.8, 4) is 5.75 Å². The number of thiophene rings is 1. The summed E-state index contributed by atoms with van der Waals surface area (Å²) in [6, 6.07) is 4.28. The molecule has 0 unspecified atom stereocenters. The fraction of sp³-hybridized carbons (Fsp3) is 0.480. The lowest BCUT2D eigenvalue weighted by molar-refractivity contribution is 0.0693. The molecule has 0 spiro atoms. The van der Waals surface area contributed by atoms with Gasteiger partial charge in [-0.3, -0.25) is 9.59 Å². The van der Waals surface area contributed by atoms with E-state index < -0.39 is 27.1 Å². The second kappa shape index (κ2) is 11.7. The zero-order chi connectivity index (χ0) is 26.6. The van der Waals surface area contributed by atoms with Crippen molar-refractivity contribution >= 4 is 37.3 Å². The largest absolute Gasteiger partial charge is 0.494 e. The van der Waals surface area contributed by atoms with Crippen LogP contribution >= 0.6 is 11.3 Å². The first-order chi connectivity index (χ1) is 17.6. The third-order valence-electron chi connectivity index (χ3n) is 6.52. The minimum Gasteiger partial charge on any atom is -0.494 e. The highest BCUT2D eigenvalue weighted by atomic mass is 32.2. The van der Waals surface area contributed by atoms with E-state index >= 15 is 0 Å². The van der Waals surface area contributed by atoms with E-state index in [-0.39, 0.29) is 36.4 Å². The van der Waals surface area contributed by atoms with Crippen molar-refractivity contribution in [1.29, 1.82) is 0 Å². The Morgan fingerprint density at radius 1 is 1.24 bits per heavy atom. The molecule has 1 fully saturated rings. The Bertz CT molecular complexity index is 1430. The number of aromatic amines is 1. The molecule has 1 aromatic carbocycles. The van der Waals surface area contributed by atoms with Crippen molar-refractivity contribution in [2.45, 2.75) is 38.8 Å². The summed E-state index contributed by atoms with van der Waals surface area (Å²) in [6.07, 6.45) is 4.90. The van der Waals surface area contributed by atoms with Crippen LogP contribution in [0.25, 0.3) is 10.2 Å². The molecule has 200 valence electrons. The monoisotopic (exact) mass is 551 g/mol. The van der Waals surface area contributed by atoms with E-state index in [9.17, 15) is 22.4 Å². The van der Waals surface area contributed by atoms with Crippen molar-refractivity contribution in [2.75, 3.05) is 25.7 Å². The molecule has 2 heterocycles. The number of halogens is 1. The SMILES string of the molecule is COc1cc(CNC(=O)c2nc3scc(COCC4CCC(CS(C)(=O)=O)CC4)c3c(=O)[nH]2)ccc1F. The molecule has 9 nitrogen and oxygen atoms in total. The van der Waals surface area contributed by atoms with Gasteiger partial charge in [-0.15, -0.1) is 11.3 Å². The highest BCUT2D eigenvalue weighted by molar-refractivity contribution is 7.90. The smallest absolute Gasteiger partial charge is 0.287 e. The number of nitrogens with zero attached hydrogens (tertiary/aromatic N) is 1. The fourth-order valence-corrected chi connectivity index (χ4v) is 6.74. The lowest BCUT2D eigenvalue weighted by atomic mass is 9.83. The van der Waals surface area contributed by atoms with Crippen LogP contribution in [0.4, 0.5) is 4.39 Å². The van der Waals surface area contributed by atoms with Crippen LogP contribution in [0.1, 0.15) is 47.4 Å². The Morgan fingerprint density at radius 2 is 1.97 bits per heavy atom. The zero-order valence-corrected chi connectivity index (χ0v) is 22.3. The van der Waals surface area contributed by atoms with Gasteiger partial charge in [-0.2, -0.15) is 0 Å². The van der Waals surface area contributed by atoms with Crippen LogP contribution in [0.15, 0.2) is 28.4 Å². The van der Waals surface area contributed by atoms with E-state index in [2.05, 4.69) is 15.3 Å². The van der Waals surface area contributed by atoms with E-state index in [4.69, 9.17) is 9.47 Å². The highest BCUT2D eigenvalue weighted by Crippen LogP contribution is 2.30. The molecule has 37 heavy (non-hydrogen) atoms. The van der Waals surface area contributed by atoms with E-state index in [0.717, 1.165) is 25.7 Å². The van der Waals surface area contributed by atoms with Gasteiger partial charge in [0.25, 0.3) is 11.5 Å². The summed E-state index contributed by atoms with van der Waals surface area (Å²) in [7, 11) is -1.59. The number of hydrogen-bond acceptors (Lipinski definition) is 8. The summed E-state index contributed by atoms with van der Waals surface area (Å²) < 4.78 is 47.4. The maximum absolute atomic E-state index is 13.6. The van der Waals surface area contributed by atoms with E-state index in [1.54, 1.807) is 0 Å². The number of carbonyl (C=O) groups excluding carboxylic acids is 1. The number of nitrogens with one attached hydrogen (secondary N) is 2. The van der Waals surface area contributed by atoms with Gasteiger partial charge in [0.15, 0.2) is 11.6 Å². The number of rotatable bonds is 10. The minimum absolute atomic E-state index is 0.0765. The molecule has 1 aliphatic carbocycles. The third-order valence-corrected chi connectivity index (χ3v) is 8.52. The number of methoxy groups -OCH3 is 1. The maximum atomic E-state index is 13.6. The van der Waals surface area contributed by atoms with Gasteiger partial charge in [0.1, 0.15) is 14.7 Å². The first-order valence-electron chi connectivity index (χ1n) is 12.0. The van der Waals surface area contributed by atoms with Gasteiger partial charge in [0, 0.05) is 25.0 Å². The number of fused-ring (bicyclic) bond motifs is 1. The summed E-state index contributed by atoms with van der Waals surface area (Å²) in [4.78, 5) is 32.7. The number of carbonyl (C=O) groups is 1. The Balaban J connectivity index is 1.32. The molecule has 3 aromatic rings. The topological polar surface area (TPSA) is 127 Å². The Hall–Kier alpha value is -2.83. The van der Waals surface area contributed by atoms with Crippen LogP contribution in [0.5, 0.6) is 5.75 Å². The lowest BCUT2D eigenvalue weighted by Gasteiger charge is -2.27. The van der Waals surface area contributed by atoms with E-state index in [0.29, 0.717) is 33.9 Å². The predicted octanol–water partition coefficient (Wildman–Crippen LogP) is 3.43. The average Bonchev–Trinajstić information content (AvgIpc) is 3.27. The summed E-state index contributed by atoms with van der Waals surface area (Å²) in [5, 5.41) is 4.88. The summed E-state index contributed by atoms with van der Waals surface area (Å²) in [5.41, 5.74) is 0.930. The summed E-state index contributed by atoms with van der Waals surface area (Å²) in [5.74, 6) is -0.240. The Labute approximate surface area is 218 Å². The minimum atomic E-state index is -2.95. The molecule has 2 aromatic heterocycles. The number of H-pyrrole nitrogens is 1. The highest BCUT2D eigenvalue weighted by Gasteiger charge is 2.24. The number of ether oxygens (including phenoxy) is 2.